The van der Waals surface area contributed by atoms with Crippen molar-refractivity contribution in [2.45, 2.75) is 32.8 Å². The second-order valence-corrected chi connectivity index (χ2v) is 7.01. The Kier molecular flexibility index (Phi) is 6.54. The average molecular weight is 338 g/mol. The Hall–Kier alpha value is -2.39. The molecule has 2 aromatic carbocycles. The fraction of sp³-hybridized carbons (Fsp3) is 0.318. The number of ether oxygens (including phenoxy) is 2. The minimum atomic E-state index is -0.368. The van der Waals surface area contributed by atoms with Crippen molar-refractivity contribution < 1.29 is 14.3 Å². The number of hydrogen-bond donors (Lipinski definition) is 0. The Balaban J connectivity index is 2.08. The van der Waals surface area contributed by atoms with Crippen LogP contribution in [0.1, 0.15) is 37.5 Å². The van der Waals surface area contributed by atoms with Gasteiger partial charge >= 0.3 is 5.97 Å². The van der Waals surface area contributed by atoms with Crippen LogP contribution in [0.25, 0.3) is 6.08 Å². The van der Waals surface area contributed by atoms with Gasteiger partial charge in [0.15, 0.2) is 0 Å². The minimum Gasteiger partial charge on any atom is -0.466 e. The molecule has 0 aliphatic carbocycles. The fourth-order valence-electron chi connectivity index (χ4n) is 2.42. The molecule has 0 aromatic heterocycles. The summed E-state index contributed by atoms with van der Waals surface area (Å²) in [4.78, 5) is 12.0. The van der Waals surface area contributed by atoms with E-state index in [1.54, 1.807) is 0 Å². The molecule has 2 rings (SSSR count). The first-order chi connectivity index (χ1) is 11.9. The van der Waals surface area contributed by atoms with E-state index >= 15 is 0 Å². The Morgan fingerprint density at radius 1 is 1.00 bits per heavy atom. The van der Waals surface area contributed by atoms with Crippen molar-refractivity contribution in [2.75, 3.05) is 13.7 Å². The molecule has 0 aliphatic heterocycles. The zero-order valence-electron chi connectivity index (χ0n) is 15.4. The molecule has 3 heteroatoms. The normalized spacial score (nSPS) is 12.1. The van der Waals surface area contributed by atoms with Gasteiger partial charge < -0.3 is 9.47 Å². The van der Waals surface area contributed by atoms with E-state index in [-0.39, 0.29) is 18.0 Å². The molecule has 0 radical (unpaired) electrons. The summed E-state index contributed by atoms with van der Waals surface area (Å²) in [5.74, 6) is -0.368. The van der Waals surface area contributed by atoms with E-state index in [1.165, 1.54) is 12.7 Å². The molecule has 0 unspecified atom stereocenters. The van der Waals surface area contributed by atoms with E-state index in [0.717, 1.165) is 11.1 Å². The van der Waals surface area contributed by atoms with Gasteiger partial charge in [-0.3, -0.25) is 0 Å². The van der Waals surface area contributed by atoms with E-state index in [2.05, 4.69) is 32.9 Å². The van der Waals surface area contributed by atoms with Gasteiger partial charge in [0.2, 0.25) is 0 Å². The van der Waals surface area contributed by atoms with Crippen molar-refractivity contribution in [3.8, 4) is 0 Å². The number of carbonyl (C=O) groups excluding carboxylic acids is 1. The quantitative estimate of drug-likeness (QED) is 0.563. The second kappa shape index (κ2) is 8.63. The van der Waals surface area contributed by atoms with Crippen LogP contribution in [0, 0.1) is 0 Å². The van der Waals surface area contributed by atoms with Gasteiger partial charge in [-0.2, -0.15) is 0 Å². The molecular formula is C22H26O3. The summed E-state index contributed by atoms with van der Waals surface area (Å²) in [6.45, 7) is 7.19. The highest BCUT2D eigenvalue weighted by Gasteiger charge is 2.14. The van der Waals surface area contributed by atoms with E-state index in [0.29, 0.717) is 12.2 Å². The highest BCUT2D eigenvalue weighted by Crippen LogP contribution is 2.23. The van der Waals surface area contributed by atoms with Crippen molar-refractivity contribution in [3.63, 3.8) is 0 Å². The maximum absolute atomic E-state index is 12.0. The molecule has 0 bridgehead atoms. The lowest BCUT2D eigenvalue weighted by molar-refractivity contribution is -0.136. The first kappa shape index (κ1) is 18.9. The molecule has 2 aromatic rings. The molecule has 132 valence electrons. The molecule has 3 nitrogen and oxygen atoms in total. The Morgan fingerprint density at radius 3 is 2.20 bits per heavy atom. The molecule has 0 saturated carbocycles. The predicted octanol–water partition coefficient (Wildman–Crippen LogP) is 4.76. The monoisotopic (exact) mass is 338 g/mol. The molecule has 0 saturated heterocycles. The summed E-state index contributed by atoms with van der Waals surface area (Å²) in [6.07, 6.45) is 1.82. The van der Waals surface area contributed by atoms with Gasteiger partial charge in [-0.05, 0) is 28.2 Å². The van der Waals surface area contributed by atoms with Crippen LogP contribution in [-0.2, 0) is 26.3 Å². The van der Waals surface area contributed by atoms with Gasteiger partial charge in [-0.15, -0.1) is 0 Å². The lowest BCUT2D eigenvalue weighted by Crippen LogP contribution is -2.11. The zero-order valence-corrected chi connectivity index (χ0v) is 15.4. The third-order valence-corrected chi connectivity index (χ3v) is 3.93. The lowest BCUT2D eigenvalue weighted by Gasteiger charge is -2.18. The van der Waals surface area contributed by atoms with E-state index in [9.17, 15) is 4.79 Å². The fourth-order valence-corrected chi connectivity index (χ4v) is 2.42. The van der Waals surface area contributed by atoms with E-state index in [1.807, 2.05) is 48.5 Å². The van der Waals surface area contributed by atoms with Gasteiger partial charge in [0, 0.05) is 0 Å². The summed E-state index contributed by atoms with van der Waals surface area (Å²) >= 11 is 0. The van der Waals surface area contributed by atoms with E-state index in [4.69, 9.17) is 9.47 Å². The smallest absolute Gasteiger partial charge is 0.336 e. The highest BCUT2D eigenvalue weighted by atomic mass is 16.5. The largest absolute Gasteiger partial charge is 0.466 e. The standard InChI is InChI=1S/C22H26O3/c1-22(2,3)20-12-10-17(11-13-20)14-19(21(23)24-4)16-25-15-18-8-6-5-7-9-18/h5-14H,15-16H2,1-4H3/b19-14+. The Bertz CT molecular complexity index is 707. The number of hydrogen-bond acceptors (Lipinski definition) is 3. The maximum atomic E-state index is 12.0. The summed E-state index contributed by atoms with van der Waals surface area (Å²) < 4.78 is 10.6. The van der Waals surface area contributed by atoms with Crippen LogP contribution >= 0.6 is 0 Å². The van der Waals surface area contributed by atoms with Crippen LogP contribution in [0.5, 0.6) is 0 Å². The van der Waals surface area contributed by atoms with Crippen LogP contribution in [0.15, 0.2) is 60.2 Å². The highest BCUT2D eigenvalue weighted by molar-refractivity contribution is 5.93. The third kappa shape index (κ3) is 5.87. The Labute approximate surface area is 150 Å². The molecule has 0 N–H and O–H groups in total. The number of esters is 1. The predicted molar refractivity (Wildman–Crippen MR) is 101 cm³/mol. The summed E-state index contributed by atoms with van der Waals surface area (Å²) in [5, 5.41) is 0. The molecule has 0 spiro atoms. The molecular weight excluding hydrogens is 312 g/mol. The SMILES string of the molecule is COC(=O)/C(=C/c1ccc(C(C)(C)C)cc1)COCc1ccccc1. The molecule has 25 heavy (non-hydrogen) atoms. The summed E-state index contributed by atoms with van der Waals surface area (Å²) in [6, 6.07) is 18.1. The summed E-state index contributed by atoms with van der Waals surface area (Å²) in [7, 11) is 1.38. The zero-order chi connectivity index (χ0) is 18.3. The van der Waals surface area contributed by atoms with Gasteiger partial charge in [-0.25, -0.2) is 4.79 Å². The first-order valence-corrected chi connectivity index (χ1v) is 8.41. The third-order valence-electron chi connectivity index (χ3n) is 3.93. The van der Waals surface area contributed by atoms with Crippen molar-refractivity contribution in [2.24, 2.45) is 0 Å². The van der Waals surface area contributed by atoms with Gasteiger partial charge in [0.05, 0.1) is 25.9 Å². The van der Waals surface area contributed by atoms with Crippen LogP contribution in [-0.4, -0.2) is 19.7 Å². The van der Waals surface area contributed by atoms with Crippen LogP contribution in [0.4, 0.5) is 0 Å². The molecule has 0 atom stereocenters. The van der Waals surface area contributed by atoms with Crippen molar-refractivity contribution >= 4 is 12.0 Å². The second-order valence-electron chi connectivity index (χ2n) is 7.01. The first-order valence-electron chi connectivity index (χ1n) is 8.41. The molecule has 0 amide bonds. The topological polar surface area (TPSA) is 35.5 Å². The van der Waals surface area contributed by atoms with Gasteiger partial charge in [0.1, 0.15) is 0 Å². The molecule has 0 fully saturated rings. The number of methoxy groups -OCH3 is 1. The van der Waals surface area contributed by atoms with Crippen molar-refractivity contribution in [1.82, 2.24) is 0 Å². The molecule has 0 aliphatic rings. The summed E-state index contributed by atoms with van der Waals surface area (Å²) in [5.41, 5.74) is 3.89. The van der Waals surface area contributed by atoms with Crippen LogP contribution < -0.4 is 0 Å². The average Bonchev–Trinajstić information content (AvgIpc) is 2.61. The minimum absolute atomic E-state index is 0.103. The number of benzene rings is 2. The van der Waals surface area contributed by atoms with E-state index < -0.39 is 0 Å². The van der Waals surface area contributed by atoms with Gasteiger partial charge in [0.25, 0.3) is 0 Å². The number of carbonyl (C=O) groups is 1. The van der Waals surface area contributed by atoms with Crippen molar-refractivity contribution in [3.05, 3.63) is 76.9 Å². The lowest BCUT2D eigenvalue weighted by atomic mass is 9.86. The maximum Gasteiger partial charge on any atom is 0.336 e. The van der Waals surface area contributed by atoms with Gasteiger partial charge in [-0.1, -0.05) is 75.4 Å². The van der Waals surface area contributed by atoms with Crippen molar-refractivity contribution in [1.29, 1.82) is 0 Å². The molecule has 0 heterocycles. The van der Waals surface area contributed by atoms with Crippen LogP contribution in [0.3, 0.4) is 0 Å². The Morgan fingerprint density at radius 2 is 1.64 bits per heavy atom. The number of rotatable bonds is 6. The van der Waals surface area contributed by atoms with Crippen LogP contribution in [0.2, 0.25) is 0 Å².